The molecule has 0 aliphatic carbocycles. The van der Waals surface area contributed by atoms with E-state index in [9.17, 15) is 23.6 Å². The van der Waals surface area contributed by atoms with Gasteiger partial charge in [0.2, 0.25) is 15.8 Å². The van der Waals surface area contributed by atoms with E-state index in [-0.39, 0.29) is 11.8 Å². The molecule has 100 valence electrons. The molecule has 0 bridgehead atoms. The SMILES string of the molecule is COCNS(=O)(=O)c1c(Cl)ccc([N+](=O)[O-])c1O. The van der Waals surface area contributed by atoms with Gasteiger partial charge < -0.3 is 9.84 Å². The second kappa shape index (κ2) is 5.48. The van der Waals surface area contributed by atoms with Crippen LogP contribution >= 0.6 is 11.6 Å². The first kappa shape index (κ1) is 14.6. The number of nitro groups is 1. The van der Waals surface area contributed by atoms with Gasteiger partial charge >= 0.3 is 5.69 Å². The maximum Gasteiger partial charge on any atom is 0.312 e. The lowest BCUT2D eigenvalue weighted by Gasteiger charge is -2.09. The second-order valence-corrected chi connectivity index (χ2v) is 5.19. The Balaban J connectivity index is 3.40. The Labute approximate surface area is 107 Å². The molecule has 18 heavy (non-hydrogen) atoms. The summed E-state index contributed by atoms with van der Waals surface area (Å²) in [6.07, 6.45) is 0. The molecule has 0 aromatic heterocycles. The highest BCUT2D eigenvalue weighted by Crippen LogP contribution is 2.37. The normalized spacial score (nSPS) is 11.4. The third kappa shape index (κ3) is 2.88. The van der Waals surface area contributed by atoms with Crippen molar-refractivity contribution in [3.63, 3.8) is 0 Å². The predicted octanol–water partition coefficient (Wildman–Crippen LogP) is 0.836. The molecular weight excluding hydrogens is 288 g/mol. The summed E-state index contributed by atoms with van der Waals surface area (Å²) in [5.74, 6) is -1.02. The van der Waals surface area contributed by atoms with Crippen molar-refractivity contribution in [1.29, 1.82) is 0 Å². The van der Waals surface area contributed by atoms with Gasteiger partial charge in [-0.2, -0.15) is 4.72 Å². The minimum absolute atomic E-state index is 0.332. The summed E-state index contributed by atoms with van der Waals surface area (Å²) in [6.45, 7) is -0.360. The predicted molar refractivity (Wildman–Crippen MR) is 62.0 cm³/mol. The Kier molecular flexibility index (Phi) is 4.46. The first-order valence-corrected chi connectivity index (χ1v) is 6.32. The number of methoxy groups -OCH3 is 1. The number of nitro benzene ring substituents is 1. The molecule has 1 rings (SSSR count). The highest BCUT2D eigenvalue weighted by atomic mass is 35.5. The maximum absolute atomic E-state index is 11.7. The van der Waals surface area contributed by atoms with Gasteiger partial charge in [0.15, 0.2) is 0 Å². The number of nitrogens with zero attached hydrogens (tertiary/aromatic N) is 1. The van der Waals surface area contributed by atoms with E-state index in [2.05, 4.69) is 4.74 Å². The fraction of sp³-hybridized carbons (Fsp3) is 0.250. The lowest BCUT2D eigenvalue weighted by atomic mass is 10.3. The molecule has 0 saturated carbocycles. The van der Waals surface area contributed by atoms with Crippen LogP contribution in [0.2, 0.25) is 5.02 Å². The Hall–Kier alpha value is -1.42. The Morgan fingerprint density at radius 1 is 1.56 bits per heavy atom. The van der Waals surface area contributed by atoms with Crippen LogP contribution in [-0.2, 0) is 14.8 Å². The van der Waals surface area contributed by atoms with Crippen molar-refractivity contribution >= 4 is 27.3 Å². The molecule has 10 heteroatoms. The number of benzene rings is 1. The zero-order chi connectivity index (χ0) is 13.9. The van der Waals surface area contributed by atoms with Crippen LogP contribution in [0.3, 0.4) is 0 Å². The van der Waals surface area contributed by atoms with Crippen molar-refractivity contribution in [2.24, 2.45) is 0 Å². The van der Waals surface area contributed by atoms with E-state index < -0.39 is 31.3 Å². The van der Waals surface area contributed by atoms with Gasteiger partial charge in [-0.25, -0.2) is 8.42 Å². The molecule has 0 atom stereocenters. The summed E-state index contributed by atoms with van der Waals surface area (Å²) in [5, 5.41) is 19.8. The lowest BCUT2D eigenvalue weighted by molar-refractivity contribution is -0.386. The van der Waals surface area contributed by atoms with Gasteiger partial charge in [-0.3, -0.25) is 10.1 Å². The summed E-state index contributed by atoms with van der Waals surface area (Å²) < 4.78 is 30.0. The van der Waals surface area contributed by atoms with Crippen molar-refractivity contribution in [3.05, 3.63) is 27.3 Å². The standard InChI is InChI=1S/C8H9ClN2O6S/c1-17-4-10-18(15,16)8-5(9)2-3-6(7(8)12)11(13)14/h2-3,10,12H,4H2,1H3. The summed E-state index contributed by atoms with van der Waals surface area (Å²) in [7, 11) is -2.95. The van der Waals surface area contributed by atoms with Gasteiger partial charge in [-0.15, -0.1) is 0 Å². The molecule has 0 amide bonds. The van der Waals surface area contributed by atoms with Gasteiger partial charge in [-0.05, 0) is 6.07 Å². The number of hydrogen-bond donors (Lipinski definition) is 2. The largest absolute Gasteiger partial charge is 0.501 e. The molecule has 1 aromatic carbocycles. The Morgan fingerprint density at radius 3 is 2.67 bits per heavy atom. The summed E-state index contributed by atoms with van der Waals surface area (Å²) in [4.78, 5) is 8.92. The van der Waals surface area contributed by atoms with Crippen molar-refractivity contribution in [1.82, 2.24) is 4.72 Å². The molecule has 0 aliphatic rings. The quantitative estimate of drug-likeness (QED) is 0.472. The Bertz CT molecular complexity index is 573. The van der Waals surface area contributed by atoms with Crippen LogP contribution in [0.5, 0.6) is 5.75 Å². The van der Waals surface area contributed by atoms with Crippen LogP contribution in [0.15, 0.2) is 17.0 Å². The van der Waals surface area contributed by atoms with Crippen molar-refractivity contribution in [3.8, 4) is 5.75 Å². The third-order valence-electron chi connectivity index (χ3n) is 1.92. The summed E-state index contributed by atoms with van der Waals surface area (Å²) in [5.41, 5.74) is -0.753. The number of phenolic OH excluding ortho intramolecular Hbond substituents is 1. The number of hydrogen-bond acceptors (Lipinski definition) is 6. The van der Waals surface area contributed by atoms with E-state index in [1.165, 1.54) is 7.11 Å². The molecule has 0 aliphatic heterocycles. The van der Waals surface area contributed by atoms with Crippen molar-refractivity contribution in [2.75, 3.05) is 13.8 Å². The van der Waals surface area contributed by atoms with E-state index in [1.54, 1.807) is 0 Å². The molecule has 8 nitrogen and oxygen atoms in total. The topological polar surface area (TPSA) is 119 Å². The second-order valence-electron chi connectivity index (χ2n) is 3.08. The van der Waals surface area contributed by atoms with Crippen LogP contribution in [0.25, 0.3) is 0 Å². The van der Waals surface area contributed by atoms with E-state index in [0.29, 0.717) is 0 Å². The van der Waals surface area contributed by atoms with Gasteiger partial charge in [-0.1, -0.05) is 11.6 Å². The van der Waals surface area contributed by atoms with Crippen LogP contribution in [0, 0.1) is 10.1 Å². The highest BCUT2D eigenvalue weighted by Gasteiger charge is 2.28. The Morgan fingerprint density at radius 2 is 2.17 bits per heavy atom. The molecule has 0 heterocycles. The molecule has 0 spiro atoms. The van der Waals surface area contributed by atoms with Gasteiger partial charge in [0.05, 0.1) is 9.95 Å². The summed E-state index contributed by atoms with van der Waals surface area (Å²) in [6, 6.07) is 1.92. The average Bonchev–Trinajstić information content (AvgIpc) is 2.25. The lowest BCUT2D eigenvalue weighted by Crippen LogP contribution is -2.26. The van der Waals surface area contributed by atoms with E-state index in [0.717, 1.165) is 12.1 Å². The van der Waals surface area contributed by atoms with Crippen LogP contribution in [-0.4, -0.2) is 32.3 Å². The molecule has 2 N–H and O–H groups in total. The van der Waals surface area contributed by atoms with Crippen molar-refractivity contribution in [2.45, 2.75) is 4.90 Å². The highest BCUT2D eigenvalue weighted by molar-refractivity contribution is 7.89. The molecule has 0 unspecified atom stereocenters. The summed E-state index contributed by atoms with van der Waals surface area (Å²) >= 11 is 5.63. The monoisotopic (exact) mass is 296 g/mol. The van der Waals surface area contributed by atoms with Gasteiger partial charge in [0, 0.05) is 13.2 Å². The molecule has 1 aromatic rings. The molecule has 0 radical (unpaired) electrons. The zero-order valence-electron chi connectivity index (χ0n) is 9.08. The van der Waals surface area contributed by atoms with Crippen LogP contribution < -0.4 is 4.72 Å². The van der Waals surface area contributed by atoms with Crippen molar-refractivity contribution < 1.29 is 23.2 Å². The van der Waals surface area contributed by atoms with E-state index in [1.807, 2.05) is 4.72 Å². The number of phenols is 1. The molecular formula is C8H9ClN2O6S. The van der Waals surface area contributed by atoms with Crippen LogP contribution in [0.1, 0.15) is 0 Å². The first-order valence-electron chi connectivity index (χ1n) is 4.45. The smallest absolute Gasteiger partial charge is 0.312 e. The number of aromatic hydroxyl groups is 1. The third-order valence-corrected chi connectivity index (χ3v) is 3.80. The van der Waals surface area contributed by atoms with Gasteiger partial charge in [0.25, 0.3) is 0 Å². The minimum Gasteiger partial charge on any atom is -0.501 e. The zero-order valence-corrected chi connectivity index (χ0v) is 10.7. The average molecular weight is 297 g/mol. The molecule has 0 saturated heterocycles. The first-order chi connectivity index (χ1) is 8.31. The van der Waals surface area contributed by atoms with E-state index in [4.69, 9.17) is 11.6 Å². The number of rotatable bonds is 5. The minimum atomic E-state index is -4.20. The number of halogens is 1. The number of ether oxygens (including phenoxy) is 1. The van der Waals surface area contributed by atoms with E-state index >= 15 is 0 Å². The number of sulfonamides is 1. The maximum atomic E-state index is 11.7. The fourth-order valence-electron chi connectivity index (χ4n) is 1.15. The molecule has 0 fully saturated rings. The number of nitrogens with one attached hydrogen (secondary N) is 1. The van der Waals surface area contributed by atoms with Crippen LogP contribution in [0.4, 0.5) is 5.69 Å². The van der Waals surface area contributed by atoms with Gasteiger partial charge in [0.1, 0.15) is 11.6 Å². The fourth-order valence-corrected chi connectivity index (χ4v) is 2.71.